The number of carbonyl (C=O) groups is 1. The second kappa shape index (κ2) is 14.0. The van der Waals surface area contributed by atoms with E-state index >= 15 is 4.39 Å². The second-order valence-electron chi connectivity index (χ2n) is 9.02. The average molecular weight is 533 g/mol. The predicted octanol–water partition coefficient (Wildman–Crippen LogP) is 5.68. The van der Waals surface area contributed by atoms with Crippen molar-refractivity contribution in [3.05, 3.63) is 107 Å². The van der Waals surface area contributed by atoms with E-state index in [0.717, 1.165) is 11.1 Å². The van der Waals surface area contributed by atoms with Gasteiger partial charge in [0.25, 0.3) is 0 Å². The number of anilines is 1. The maximum Gasteiger partial charge on any atom is 0.245 e. The molecule has 0 bridgehead atoms. The summed E-state index contributed by atoms with van der Waals surface area (Å²) in [5, 5.41) is 10.6. The zero-order chi connectivity index (χ0) is 28.4. The lowest BCUT2D eigenvalue weighted by molar-refractivity contribution is -0.123. The highest BCUT2D eigenvalue weighted by atomic mass is 19.1. The molecule has 3 rings (SSSR count). The van der Waals surface area contributed by atoms with Crippen molar-refractivity contribution in [3.63, 3.8) is 0 Å². The van der Waals surface area contributed by atoms with Gasteiger partial charge in [0.05, 0.1) is 5.56 Å². The molecule has 0 fully saturated rings. The van der Waals surface area contributed by atoms with Crippen LogP contribution >= 0.6 is 0 Å². The number of allylic oxidation sites excluding steroid dienone is 1. The molecule has 0 aliphatic rings. The third-order valence-electron chi connectivity index (χ3n) is 6.08. The highest BCUT2D eigenvalue weighted by Crippen LogP contribution is 2.37. The Bertz CT molecular complexity index is 1370. The quantitative estimate of drug-likeness (QED) is 0.0920. The van der Waals surface area contributed by atoms with Crippen molar-refractivity contribution in [1.82, 2.24) is 10.2 Å². The number of nitrogens with two attached hydrogens (primary N) is 1. The van der Waals surface area contributed by atoms with Crippen LogP contribution in [0, 0.1) is 11.2 Å². The van der Waals surface area contributed by atoms with E-state index in [0.29, 0.717) is 48.6 Å². The van der Waals surface area contributed by atoms with Gasteiger partial charge in [-0.3, -0.25) is 10.2 Å². The summed E-state index contributed by atoms with van der Waals surface area (Å²) in [7, 11) is 3.37. The van der Waals surface area contributed by atoms with E-state index in [1.807, 2.05) is 37.3 Å². The summed E-state index contributed by atoms with van der Waals surface area (Å²) in [6.45, 7) is 3.29. The van der Waals surface area contributed by atoms with Gasteiger partial charge in [-0.1, -0.05) is 49.4 Å². The van der Waals surface area contributed by atoms with E-state index in [-0.39, 0.29) is 17.2 Å². The number of nitrogen functional groups attached to an aromatic ring is 1. The fraction of sp³-hybridized carbons (Fsp3) is 0.226. The van der Waals surface area contributed by atoms with Crippen LogP contribution in [0.25, 0.3) is 11.1 Å². The van der Waals surface area contributed by atoms with E-state index in [4.69, 9.17) is 15.9 Å². The maximum absolute atomic E-state index is 15.6. The Morgan fingerprint density at radius 1 is 1.05 bits per heavy atom. The SMILES string of the molecule is CC/C(=C(\c1ccc(N)c(C(=N)F)c1)c1ccc(OCCNC/C=C/C(=O)N(C)C)cc1F)c1ccccc1. The maximum atomic E-state index is 15.6. The minimum absolute atomic E-state index is 0.0395. The second-order valence-corrected chi connectivity index (χ2v) is 9.02. The van der Waals surface area contributed by atoms with Crippen LogP contribution in [0.1, 0.15) is 35.6 Å². The van der Waals surface area contributed by atoms with Gasteiger partial charge in [-0.25, -0.2) is 4.39 Å². The molecule has 0 aliphatic heterocycles. The van der Waals surface area contributed by atoms with Crippen LogP contribution in [0.2, 0.25) is 0 Å². The summed E-state index contributed by atoms with van der Waals surface area (Å²) in [5.41, 5.74) is 9.26. The molecule has 0 saturated heterocycles. The zero-order valence-electron chi connectivity index (χ0n) is 22.4. The monoisotopic (exact) mass is 532 g/mol. The number of likely N-dealkylation sites (N-methyl/N-ethyl adjacent to an activating group) is 1. The fourth-order valence-corrected chi connectivity index (χ4v) is 4.08. The van der Waals surface area contributed by atoms with Crippen LogP contribution in [0.5, 0.6) is 5.75 Å². The van der Waals surface area contributed by atoms with Crippen LogP contribution in [0.4, 0.5) is 14.5 Å². The molecular weight excluding hydrogens is 498 g/mol. The molecule has 0 aliphatic carbocycles. The lowest BCUT2D eigenvalue weighted by Gasteiger charge is -2.18. The van der Waals surface area contributed by atoms with E-state index in [2.05, 4.69) is 5.32 Å². The van der Waals surface area contributed by atoms with Gasteiger partial charge in [-0.15, -0.1) is 0 Å². The first-order chi connectivity index (χ1) is 18.7. The first-order valence-corrected chi connectivity index (χ1v) is 12.7. The molecule has 4 N–H and O–H groups in total. The van der Waals surface area contributed by atoms with Gasteiger partial charge in [-0.2, -0.15) is 4.39 Å². The predicted molar refractivity (Wildman–Crippen MR) is 154 cm³/mol. The summed E-state index contributed by atoms with van der Waals surface area (Å²) in [4.78, 5) is 13.0. The number of ether oxygens (including phenoxy) is 1. The van der Waals surface area contributed by atoms with Crippen LogP contribution in [-0.4, -0.2) is 50.6 Å². The summed E-state index contributed by atoms with van der Waals surface area (Å²) in [5.74, 6) is -1.36. The smallest absolute Gasteiger partial charge is 0.245 e. The normalized spacial score (nSPS) is 11.8. The Morgan fingerprint density at radius 2 is 1.79 bits per heavy atom. The van der Waals surface area contributed by atoms with Crippen molar-refractivity contribution in [2.45, 2.75) is 13.3 Å². The number of carbonyl (C=O) groups excluding carboxylic acids is 1. The molecule has 6 nitrogen and oxygen atoms in total. The first-order valence-electron chi connectivity index (χ1n) is 12.7. The molecule has 204 valence electrons. The first kappa shape index (κ1) is 29.3. The number of rotatable bonds is 12. The highest BCUT2D eigenvalue weighted by molar-refractivity contribution is 6.02. The molecular formula is C31H34F2N4O2. The average Bonchev–Trinajstić information content (AvgIpc) is 2.92. The van der Waals surface area contributed by atoms with Crippen molar-refractivity contribution in [1.29, 1.82) is 5.41 Å². The van der Waals surface area contributed by atoms with Crippen molar-refractivity contribution in [3.8, 4) is 5.75 Å². The van der Waals surface area contributed by atoms with E-state index in [1.54, 1.807) is 38.4 Å². The highest BCUT2D eigenvalue weighted by Gasteiger charge is 2.19. The summed E-state index contributed by atoms with van der Waals surface area (Å²) >= 11 is 0. The van der Waals surface area contributed by atoms with Gasteiger partial charge in [0.15, 0.2) is 0 Å². The van der Waals surface area contributed by atoms with Gasteiger partial charge in [0.1, 0.15) is 18.2 Å². The van der Waals surface area contributed by atoms with Crippen molar-refractivity contribution in [2.75, 3.05) is 39.5 Å². The third kappa shape index (κ3) is 7.85. The zero-order valence-corrected chi connectivity index (χ0v) is 22.4. The lowest BCUT2D eigenvalue weighted by Crippen LogP contribution is -2.22. The van der Waals surface area contributed by atoms with Gasteiger partial charge < -0.3 is 20.7 Å². The van der Waals surface area contributed by atoms with E-state index < -0.39 is 11.8 Å². The molecule has 3 aromatic rings. The molecule has 39 heavy (non-hydrogen) atoms. The third-order valence-corrected chi connectivity index (χ3v) is 6.08. The summed E-state index contributed by atoms with van der Waals surface area (Å²) in [6.07, 6.45) is 3.81. The minimum Gasteiger partial charge on any atom is -0.492 e. The molecule has 3 aromatic carbocycles. The number of hydrogen-bond donors (Lipinski definition) is 3. The van der Waals surface area contributed by atoms with Gasteiger partial charge in [-0.05, 0) is 53.0 Å². The van der Waals surface area contributed by atoms with Crippen LogP contribution in [0.3, 0.4) is 0 Å². The molecule has 0 unspecified atom stereocenters. The van der Waals surface area contributed by atoms with Crippen molar-refractivity contribution in [2.24, 2.45) is 0 Å². The Balaban J connectivity index is 1.87. The van der Waals surface area contributed by atoms with Gasteiger partial charge in [0.2, 0.25) is 11.9 Å². The van der Waals surface area contributed by atoms with Crippen LogP contribution < -0.4 is 15.8 Å². The number of benzene rings is 3. The Morgan fingerprint density at radius 3 is 2.44 bits per heavy atom. The number of nitrogens with one attached hydrogen (secondary N) is 2. The number of halogens is 2. The lowest BCUT2D eigenvalue weighted by atomic mass is 9.87. The van der Waals surface area contributed by atoms with E-state index in [9.17, 15) is 9.18 Å². The van der Waals surface area contributed by atoms with Gasteiger partial charge >= 0.3 is 0 Å². The minimum atomic E-state index is -1.15. The molecule has 0 saturated carbocycles. The molecule has 0 heterocycles. The topological polar surface area (TPSA) is 91.4 Å². The number of amides is 1. The molecule has 0 spiro atoms. The van der Waals surface area contributed by atoms with Crippen molar-refractivity contribution < 1.29 is 18.3 Å². The number of hydrogen-bond acceptors (Lipinski definition) is 5. The summed E-state index contributed by atoms with van der Waals surface area (Å²) < 4.78 is 35.3. The van der Waals surface area contributed by atoms with Crippen LogP contribution in [-0.2, 0) is 4.79 Å². The number of nitrogens with zero attached hydrogens (tertiary/aromatic N) is 1. The Labute approximate surface area is 228 Å². The molecule has 0 atom stereocenters. The molecule has 0 radical (unpaired) electrons. The Hall–Kier alpha value is -4.30. The van der Waals surface area contributed by atoms with E-state index in [1.165, 1.54) is 29.2 Å². The fourth-order valence-electron chi connectivity index (χ4n) is 4.08. The molecule has 0 aromatic heterocycles. The Kier molecular flexibility index (Phi) is 10.5. The summed E-state index contributed by atoms with van der Waals surface area (Å²) in [6, 6.07) is 19.0. The van der Waals surface area contributed by atoms with Crippen molar-refractivity contribution >= 4 is 28.7 Å². The molecule has 8 heteroatoms. The van der Waals surface area contributed by atoms with Gasteiger partial charge in [0, 0.05) is 50.6 Å². The largest absolute Gasteiger partial charge is 0.492 e. The van der Waals surface area contributed by atoms with Crippen LogP contribution in [0.15, 0.2) is 78.9 Å². The molecule has 1 amide bonds. The standard InChI is InChI=1S/C31H34F2N4O2/c1-4-24(21-9-6-5-7-10-21)30(22-12-15-28(34)26(19-22)31(33)35)25-14-13-23(20-27(25)32)39-18-17-36-16-8-11-29(38)37(2)3/h5-15,19-20,35-36H,4,16-18,34H2,1-3H3/b11-8+,30-24-,35-31?.